The van der Waals surface area contributed by atoms with E-state index < -0.39 is 24.3 Å². The molecule has 28 heavy (non-hydrogen) atoms. The molecule has 4 rings (SSSR count). The first-order valence-corrected chi connectivity index (χ1v) is 8.50. The van der Waals surface area contributed by atoms with Gasteiger partial charge in [0.25, 0.3) is 0 Å². The fourth-order valence-electron chi connectivity index (χ4n) is 3.20. The van der Waals surface area contributed by atoms with Crippen molar-refractivity contribution in [2.45, 2.75) is 25.4 Å². The van der Waals surface area contributed by atoms with Crippen molar-refractivity contribution in [3.63, 3.8) is 0 Å². The fraction of sp³-hybridized carbons (Fsp3) is 0.211. The van der Waals surface area contributed by atoms with Crippen LogP contribution in [-0.2, 0) is 11.2 Å². The van der Waals surface area contributed by atoms with Gasteiger partial charge in [0.15, 0.2) is 5.82 Å². The van der Waals surface area contributed by atoms with E-state index in [1.54, 1.807) is 0 Å². The lowest BCUT2D eigenvalue weighted by molar-refractivity contribution is -0.150. The van der Waals surface area contributed by atoms with Gasteiger partial charge in [0.2, 0.25) is 5.91 Å². The van der Waals surface area contributed by atoms with E-state index >= 15 is 0 Å². The number of nitrogens with zero attached hydrogens (tertiary/aromatic N) is 3. The van der Waals surface area contributed by atoms with Crippen LogP contribution >= 0.6 is 0 Å². The van der Waals surface area contributed by atoms with Crippen molar-refractivity contribution in [1.29, 1.82) is 0 Å². The molecular formula is C19H14F4N4O. The van der Waals surface area contributed by atoms with Crippen molar-refractivity contribution in [1.82, 2.24) is 9.38 Å². The highest BCUT2D eigenvalue weighted by Crippen LogP contribution is 2.30. The number of hydrogen-bond acceptors (Lipinski definition) is 3. The molecule has 0 atom stereocenters. The average Bonchev–Trinajstić information content (AvgIpc) is 2.96. The average molecular weight is 390 g/mol. The molecule has 0 radical (unpaired) electrons. The monoisotopic (exact) mass is 390 g/mol. The van der Waals surface area contributed by atoms with E-state index in [2.05, 4.69) is 15.3 Å². The molecule has 1 N–H and O–H groups in total. The number of carbonyl (C=O) groups is 1. The number of carbonyl (C=O) groups excluding carboxylic acids is 1. The van der Waals surface area contributed by atoms with Crippen molar-refractivity contribution in [3.8, 4) is 0 Å². The third-order valence-electron chi connectivity index (χ3n) is 4.35. The number of pyridine rings is 1. The molecule has 144 valence electrons. The van der Waals surface area contributed by atoms with Crippen LogP contribution in [0.4, 0.5) is 29.1 Å². The van der Waals surface area contributed by atoms with Crippen molar-refractivity contribution < 1.29 is 22.4 Å². The van der Waals surface area contributed by atoms with Crippen LogP contribution in [0, 0.1) is 5.82 Å². The number of nitrogens with one attached hydrogen (secondary N) is 1. The second kappa shape index (κ2) is 6.74. The second-order valence-electron chi connectivity index (χ2n) is 6.41. The van der Waals surface area contributed by atoms with Gasteiger partial charge in [0, 0.05) is 6.20 Å². The molecule has 0 aliphatic carbocycles. The van der Waals surface area contributed by atoms with Gasteiger partial charge in [-0.25, -0.2) is 9.37 Å². The quantitative estimate of drug-likeness (QED) is 0.673. The lowest BCUT2D eigenvalue weighted by atomic mass is 10.00. The number of alkyl halides is 3. The van der Waals surface area contributed by atoms with E-state index in [9.17, 15) is 22.4 Å². The maximum Gasteiger partial charge on any atom is 0.397 e. The van der Waals surface area contributed by atoms with Crippen molar-refractivity contribution in [2.24, 2.45) is 4.99 Å². The number of amides is 1. The van der Waals surface area contributed by atoms with Crippen LogP contribution in [-0.4, -0.2) is 27.2 Å². The normalized spacial score (nSPS) is 13.9. The summed E-state index contributed by atoms with van der Waals surface area (Å²) in [5.41, 5.74) is 2.84. The molecule has 1 aliphatic heterocycles. The first-order chi connectivity index (χ1) is 13.3. The maximum absolute atomic E-state index is 13.8. The molecule has 1 aromatic carbocycles. The van der Waals surface area contributed by atoms with E-state index in [0.29, 0.717) is 24.2 Å². The zero-order valence-electron chi connectivity index (χ0n) is 14.4. The molecule has 2 aromatic heterocycles. The van der Waals surface area contributed by atoms with E-state index in [1.165, 1.54) is 22.7 Å². The highest BCUT2D eigenvalue weighted by molar-refractivity contribution is 6.08. The van der Waals surface area contributed by atoms with Gasteiger partial charge in [0.1, 0.15) is 23.6 Å². The van der Waals surface area contributed by atoms with Crippen LogP contribution in [0.5, 0.6) is 0 Å². The van der Waals surface area contributed by atoms with Gasteiger partial charge in [-0.3, -0.25) is 14.2 Å². The summed E-state index contributed by atoms with van der Waals surface area (Å²) in [7, 11) is 0. The second-order valence-corrected chi connectivity index (χ2v) is 6.41. The van der Waals surface area contributed by atoms with Crippen LogP contribution in [0.15, 0.2) is 47.6 Å². The van der Waals surface area contributed by atoms with Crippen LogP contribution in [0.3, 0.4) is 0 Å². The fourth-order valence-corrected chi connectivity index (χ4v) is 3.20. The third-order valence-corrected chi connectivity index (χ3v) is 4.35. The predicted molar refractivity (Wildman–Crippen MR) is 95.4 cm³/mol. The molecular weight excluding hydrogens is 376 g/mol. The Kier molecular flexibility index (Phi) is 4.37. The molecule has 3 aromatic rings. The zero-order valence-corrected chi connectivity index (χ0v) is 14.4. The summed E-state index contributed by atoms with van der Waals surface area (Å²) < 4.78 is 52.8. The number of benzene rings is 1. The van der Waals surface area contributed by atoms with E-state index in [1.807, 2.05) is 24.3 Å². The lowest BCUT2D eigenvalue weighted by Crippen LogP contribution is -2.23. The summed E-state index contributed by atoms with van der Waals surface area (Å²) in [5.74, 6) is -1.86. The van der Waals surface area contributed by atoms with Gasteiger partial charge in [-0.2, -0.15) is 13.2 Å². The SMILES string of the molecule is O=C(CC(F)(F)F)Nc1nc2ccc(F)cn2c1C1=Nc2ccccc2CC1. The Bertz CT molecular complexity index is 1100. The zero-order chi connectivity index (χ0) is 19.9. The summed E-state index contributed by atoms with van der Waals surface area (Å²) in [6.07, 6.45) is -3.97. The molecule has 1 aliphatic rings. The molecule has 5 nitrogen and oxygen atoms in total. The molecule has 3 heterocycles. The van der Waals surface area contributed by atoms with Gasteiger partial charge < -0.3 is 5.32 Å². The maximum atomic E-state index is 13.8. The van der Waals surface area contributed by atoms with Gasteiger partial charge >= 0.3 is 6.18 Å². The molecule has 9 heteroatoms. The molecule has 0 bridgehead atoms. The number of imidazole rings is 1. The lowest BCUT2D eigenvalue weighted by Gasteiger charge is -2.16. The topological polar surface area (TPSA) is 58.8 Å². The number of aromatic nitrogens is 2. The summed E-state index contributed by atoms with van der Waals surface area (Å²) in [4.78, 5) is 20.6. The number of halogens is 4. The molecule has 1 amide bonds. The number of fused-ring (bicyclic) bond motifs is 2. The van der Waals surface area contributed by atoms with Crippen LogP contribution in [0.2, 0.25) is 0 Å². The number of para-hydroxylation sites is 1. The van der Waals surface area contributed by atoms with E-state index in [4.69, 9.17) is 0 Å². The Hall–Kier alpha value is -3.23. The molecule has 0 saturated carbocycles. The Morgan fingerprint density at radius 2 is 1.93 bits per heavy atom. The molecule has 0 fully saturated rings. The number of rotatable bonds is 3. The first-order valence-electron chi connectivity index (χ1n) is 8.50. The van der Waals surface area contributed by atoms with Crippen molar-refractivity contribution >= 4 is 28.8 Å². The molecule has 0 unspecified atom stereocenters. The Balaban J connectivity index is 1.81. The van der Waals surface area contributed by atoms with Crippen LogP contribution in [0.25, 0.3) is 5.65 Å². The minimum Gasteiger partial charge on any atom is -0.309 e. The van der Waals surface area contributed by atoms with Crippen molar-refractivity contribution in [2.75, 3.05) is 5.32 Å². The summed E-state index contributed by atoms with van der Waals surface area (Å²) in [6, 6.07) is 10.0. The van der Waals surface area contributed by atoms with E-state index in [0.717, 1.165) is 11.3 Å². The standard InChI is InChI=1S/C19H14F4N4O/c20-12-6-8-15-25-18(26-16(28)9-19(21,22)23)17(27(15)10-12)14-7-5-11-3-1-2-4-13(11)24-14/h1-4,6,8,10H,5,7,9H2,(H,26,28). The highest BCUT2D eigenvalue weighted by Gasteiger charge is 2.32. The summed E-state index contributed by atoms with van der Waals surface area (Å²) in [5, 5.41) is 2.20. The Labute approximate surface area is 156 Å². The number of aliphatic imine (C=N–C) groups is 1. The molecule has 0 spiro atoms. The summed E-state index contributed by atoms with van der Waals surface area (Å²) in [6.45, 7) is 0. The molecule has 0 saturated heterocycles. The first kappa shape index (κ1) is 18.1. The highest BCUT2D eigenvalue weighted by atomic mass is 19.4. The minimum absolute atomic E-state index is 0.0713. The smallest absolute Gasteiger partial charge is 0.309 e. The van der Waals surface area contributed by atoms with E-state index in [-0.39, 0.29) is 11.5 Å². The van der Waals surface area contributed by atoms with Crippen molar-refractivity contribution in [3.05, 3.63) is 59.7 Å². The van der Waals surface area contributed by atoms with Gasteiger partial charge in [-0.15, -0.1) is 0 Å². The number of aryl methyl sites for hydroxylation is 1. The van der Waals surface area contributed by atoms with Gasteiger partial charge in [0.05, 0.1) is 11.4 Å². The third kappa shape index (κ3) is 3.60. The van der Waals surface area contributed by atoms with Gasteiger partial charge in [-0.1, -0.05) is 18.2 Å². The summed E-state index contributed by atoms with van der Waals surface area (Å²) >= 11 is 0. The Morgan fingerprint density at radius 3 is 2.71 bits per heavy atom. The van der Waals surface area contributed by atoms with Crippen LogP contribution in [0.1, 0.15) is 24.1 Å². The number of hydrogen-bond donors (Lipinski definition) is 1. The minimum atomic E-state index is -4.64. The Morgan fingerprint density at radius 1 is 1.14 bits per heavy atom. The van der Waals surface area contributed by atoms with Crippen LogP contribution < -0.4 is 5.32 Å². The predicted octanol–water partition coefficient (Wildman–Crippen LogP) is 4.43. The van der Waals surface area contributed by atoms with Gasteiger partial charge in [-0.05, 0) is 36.6 Å². The number of anilines is 1. The largest absolute Gasteiger partial charge is 0.397 e.